The van der Waals surface area contributed by atoms with Gasteiger partial charge in [0.1, 0.15) is 16.3 Å². The highest BCUT2D eigenvalue weighted by Gasteiger charge is 2.32. The average molecular weight is 423 g/mol. The van der Waals surface area contributed by atoms with Crippen molar-refractivity contribution in [1.82, 2.24) is 19.4 Å². The minimum absolute atomic E-state index is 0.140. The summed E-state index contributed by atoms with van der Waals surface area (Å²) < 4.78 is 38.8. The standard InChI is InChI=1S/C19H26N4O5S/c1-13-3-5-23(6-4-13)29(25,26)17-11-16(28-14(17)2)18-15(12-20-21-18)19(24)22-7-9-27-10-8-22/h11-13H,3-10H2,1-2H3,(H,20,21). The van der Waals surface area contributed by atoms with E-state index in [4.69, 9.17) is 9.15 Å². The lowest BCUT2D eigenvalue weighted by atomic mass is 10.0. The molecular formula is C19H26N4O5S. The van der Waals surface area contributed by atoms with E-state index in [9.17, 15) is 13.2 Å². The van der Waals surface area contributed by atoms with Crippen molar-refractivity contribution in [3.05, 3.63) is 23.6 Å². The Morgan fingerprint density at radius 3 is 2.59 bits per heavy atom. The van der Waals surface area contributed by atoms with Gasteiger partial charge in [0.2, 0.25) is 10.0 Å². The number of aryl methyl sites for hydroxylation is 1. The minimum Gasteiger partial charge on any atom is -0.458 e. The van der Waals surface area contributed by atoms with Gasteiger partial charge in [-0.1, -0.05) is 6.92 Å². The number of ether oxygens (including phenoxy) is 1. The highest BCUT2D eigenvalue weighted by atomic mass is 32.2. The first-order chi connectivity index (χ1) is 13.9. The number of aromatic amines is 1. The summed E-state index contributed by atoms with van der Waals surface area (Å²) in [7, 11) is -3.65. The molecule has 4 heterocycles. The van der Waals surface area contributed by atoms with E-state index in [1.54, 1.807) is 11.8 Å². The Morgan fingerprint density at radius 1 is 1.21 bits per heavy atom. The first-order valence-corrected chi connectivity index (χ1v) is 11.3. The van der Waals surface area contributed by atoms with Crippen LogP contribution in [0.1, 0.15) is 35.9 Å². The van der Waals surface area contributed by atoms with Crippen LogP contribution in [0.3, 0.4) is 0 Å². The van der Waals surface area contributed by atoms with E-state index in [1.165, 1.54) is 16.6 Å². The molecule has 0 aliphatic carbocycles. The van der Waals surface area contributed by atoms with Gasteiger partial charge < -0.3 is 14.1 Å². The highest BCUT2D eigenvalue weighted by molar-refractivity contribution is 7.89. The molecule has 2 fully saturated rings. The van der Waals surface area contributed by atoms with Crippen molar-refractivity contribution < 1.29 is 22.4 Å². The van der Waals surface area contributed by atoms with E-state index in [0.29, 0.717) is 68.1 Å². The number of sulfonamides is 1. The minimum atomic E-state index is -3.65. The summed E-state index contributed by atoms with van der Waals surface area (Å²) >= 11 is 0. The molecule has 4 rings (SSSR count). The molecule has 1 N–H and O–H groups in total. The van der Waals surface area contributed by atoms with Crippen LogP contribution in [-0.4, -0.2) is 73.1 Å². The molecule has 2 aliphatic heterocycles. The lowest BCUT2D eigenvalue weighted by molar-refractivity contribution is 0.0303. The van der Waals surface area contributed by atoms with E-state index in [-0.39, 0.29) is 10.8 Å². The van der Waals surface area contributed by atoms with Crippen LogP contribution in [-0.2, 0) is 14.8 Å². The SMILES string of the molecule is Cc1oc(-c2[nH]ncc2C(=O)N2CCOCC2)cc1S(=O)(=O)N1CCC(C)CC1. The van der Waals surface area contributed by atoms with Crippen LogP contribution in [0.2, 0.25) is 0 Å². The van der Waals surface area contributed by atoms with Crippen LogP contribution < -0.4 is 0 Å². The lowest BCUT2D eigenvalue weighted by Crippen LogP contribution is -2.40. The van der Waals surface area contributed by atoms with E-state index in [1.807, 2.05) is 0 Å². The van der Waals surface area contributed by atoms with Gasteiger partial charge in [-0.3, -0.25) is 9.89 Å². The second-order valence-corrected chi connectivity index (χ2v) is 9.59. The summed E-state index contributed by atoms with van der Waals surface area (Å²) in [5.74, 6) is 0.945. The Kier molecular flexibility index (Phi) is 5.50. The van der Waals surface area contributed by atoms with Crippen molar-refractivity contribution >= 4 is 15.9 Å². The maximum Gasteiger partial charge on any atom is 0.257 e. The van der Waals surface area contributed by atoms with Gasteiger partial charge in [-0.25, -0.2) is 8.42 Å². The molecule has 2 aliphatic rings. The lowest BCUT2D eigenvalue weighted by Gasteiger charge is -2.29. The van der Waals surface area contributed by atoms with Crippen molar-refractivity contribution in [2.24, 2.45) is 5.92 Å². The third-order valence-corrected chi connectivity index (χ3v) is 7.65. The van der Waals surface area contributed by atoms with Crippen molar-refractivity contribution in [3.63, 3.8) is 0 Å². The van der Waals surface area contributed by atoms with Crippen molar-refractivity contribution in [2.75, 3.05) is 39.4 Å². The van der Waals surface area contributed by atoms with Crippen LogP contribution in [0.25, 0.3) is 11.5 Å². The van der Waals surface area contributed by atoms with Crippen molar-refractivity contribution in [3.8, 4) is 11.5 Å². The first kappa shape index (κ1) is 20.1. The van der Waals surface area contributed by atoms with E-state index >= 15 is 0 Å². The molecule has 0 bridgehead atoms. The third-order valence-electron chi connectivity index (χ3n) is 5.65. The highest BCUT2D eigenvalue weighted by Crippen LogP contribution is 2.32. The molecule has 0 atom stereocenters. The second kappa shape index (κ2) is 7.92. The Hall–Kier alpha value is -2.17. The topological polar surface area (TPSA) is 109 Å². The number of nitrogens with one attached hydrogen (secondary N) is 1. The van der Waals surface area contributed by atoms with Gasteiger partial charge in [0.25, 0.3) is 5.91 Å². The summed E-state index contributed by atoms with van der Waals surface area (Å²) in [6, 6.07) is 1.49. The fourth-order valence-corrected chi connectivity index (χ4v) is 5.41. The van der Waals surface area contributed by atoms with Crippen LogP contribution in [0.5, 0.6) is 0 Å². The van der Waals surface area contributed by atoms with Gasteiger partial charge in [0, 0.05) is 32.2 Å². The number of carbonyl (C=O) groups excluding carboxylic acids is 1. The van der Waals surface area contributed by atoms with Gasteiger partial charge in [-0.15, -0.1) is 0 Å². The number of carbonyl (C=O) groups is 1. The maximum absolute atomic E-state index is 13.1. The van der Waals surface area contributed by atoms with Crippen molar-refractivity contribution in [2.45, 2.75) is 31.6 Å². The second-order valence-electron chi connectivity index (χ2n) is 7.68. The molecule has 29 heavy (non-hydrogen) atoms. The zero-order valence-electron chi connectivity index (χ0n) is 16.7. The summed E-state index contributed by atoms with van der Waals surface area (Å²) in [5, 5.41) is 6.78. The van der Waals surface area contributed by atoms with Crippen LogP contribution >= 0.6 is 0 Å². The van der Waals surface area contributed by atoms with Gasteiger partial charge in [-0.2, -0.15) is 9.40 Å². The number of hydrogen-bond acceptors (Lipinski definition) is 6. The molecule has 1 amide bonds. The largest absolute Gasteiger partial charge is 0.458 e. The molecule has 0 spiro atoms. The number of hydrogen-bond donors (Lipinski definition) is 1. The third kappa shape index (κ3) is 3.84. The fraction of sp³-hybridized carbons (Fsp3) is 0.579. The fourth-order valence-electron chi connectivity index (χ4n) is 3.78. The van der Waals surface area contributed by atoms with Crippen molar-refractivity contribution in [1.29, 1.82) is 0 Å². The Morgan fingerprint density at radius 2 is 1.90 bits per heavy atom. The van der Waals surface area contributed by atoms with E-state index in [2.05, 4.69) is 17.1 Å². The smallest absolute Gasteiger partial charge is 0.257 e. The first-order valence-electron chi connectivity index (χ1n) is 9.89. The summed E-state index contributed by atoms with van der Waals surface area (Å²) in [5.41, 5.74) is 0.745. The van der Waals surface area contributed by atoms with Gasteiger partial charge >= 0.3 is 0 Å². The molecule has 0 radical (unpaired) electrons. The summed E-state index contributed by atoms with van der Waals surface area (Å²) in [6.45, 7) is 6.79. The predicted octanol–water partition coefficient (Wildman–Crippen LogP) is 1.87. The zero-order valence-corrected chi connectivity index (χ0v) is 17.5. The molecule has 0 unspecified atom stereocenters. The quantitative estimate of drug-likeness (QED) is 0.806. The molecule has 2 aromatic heterocycles. The molecule has 2 aromatic rings. The molecule has 158 valence electrons. The molecular weight excluding hydrogens is 396 g/mol. The molecule has 0 aromatic carbocycles. The number of rotatable bonds is 4. The number of H-pyrrole nitrogens is 1. The summed E-state index contributed by atoms with van der Waals surface area (Å²) in [6.07, 6.45) is 3.15. The molecule has 10 heteroatoms. The van der Waals surface area contributed by atoms with Gasteiger partial charge in [0.05, 0.1) is 25.0 Å². The Balaban J connectivity index is 1.62. The Bertz CT molecular complexity index is 982. The maximum atomic E-state index is 13.1. The average Bonchev–Trinajstić information content (AvgIpc) is 3.35. The normalized spacial score (nSPS) is 19.6. The number of morpholine rings is 1. The number of piperidine rings is 1. The van der Waals surface area contributed by atoms with Gasteiger partial charge in [0.15, 0.2) is 5.76 Å². The number of amides is 1. The molecule has 9 nitrogen and oxygen atoms in total. The predicted molar refractivity (Wildman–Crippen MR) is 105 cm³/mol. The summed E-state index contributed by atoms with van der Waals surface area (Å²) in [4.78, 5) is 14.7. The van der Waals surface area contributed by atoms with Crippen LogP contribution in [0, 0.1) is 12.8 Å². The van der Waals surface area contributed by atoms with E-state index in [0.717, 1.165) is 12.8 Å². The van der Waals surface area contributed by atoms with Gasteiger partial charge in [-0.05, 0) is 25.7 Å². The van der Waals surface area contributed by atoms with Crippen LogP contribution in [0.15, 0.2) is 21.6 Å². The number of aromatic nitrogens is 2. The molecule has 0 saturated carbocycles. The number of furan rings is 1. The number of nitrogens with zero attached hydrogens (tertiary/aromatic N) is 3. The monoisotopic (exact) mass is 422 g/mol. The van der Waals surface area contributed by atoms with Crippen LogP contribution in [0.4, 0.5) is 0 Å². The zero-order chi connectivity index (χ0) is 20.6. The Labute approximate surface area is 170 Å². The van der Waals surface area contributed by atoms with E-state index < -0.39 is 10.0 Å². The molecule has 2 saturated heterocycles.